The zero-order valence-electron chi connectivity index (χ0n) is 8.70. The van der Waals surface area contributed by atoms with Crippen molar-refractivity contribution in [1.29, 1.82) is 0 Å². The summed E-state index contributed by atoms with van der Waals surface area (Å²) in [7, 11) is 0. The number of hydrogen-bond acceptors (Lipinski definition) is 2. The van der Waals surface area contributed by atoms with Crippen LogP contribution in [0.5, 0.6) is 5.75 Å². The minimum Gasteiger partial charge on any atom is -0.506 e. The van der Waals surface area contributed by atoms with Crippen molar-refractivity contribution in [3.05, 3.63) is 26.8 Å². The van der Waals surface area contributed by atoms with E-state index in [1.165, 1.54) is 12.8 Å². The van der Waals surface area contributed by atoms with Crippen molar-refractivity contribution < 1.29 is 5.11 Å². The third-order valence-corrected chi connectivity index (χ3v) is 3.35. The van der Waals surface area contributed by atoms with Gasteiger partial charge in [-0.05, 0) is 66.0 Å². The van der Waals surface area contributed by atoms with Crippen LogP contribution in [-0.2, 0) is 0 Å². The van der Waals surface area contributed by atoms with E-state index in [-0.39, 0.29) is 0 Å². The molecule has 0 unspecified atom stereocenters. The third-order valence-electron chi connectivity index (χ3n) is 2.53. The van der Waals surface area contributed by atoms with E-state index in [1.54, 1.807) is 6.21 Å². The van der Waals surface area contributed by atoms with E-state index in [0.717, 1.165) is 27.2 Å². The first-order valence-electron chi connectivity index (χ1n) is 5.16. The molecule has 0 aliphatic heterocycles. The average Bonchev–Trinajstić information content (AvgIpc) is 2.97. The number of nitrogens with zero attached hydrogens (tertiary/aromatic N) is 1. The van der Waals surface area contributed by atoms with Gasteiger partial charge in [-0.1, -0.05) is 0 Å². The maximum absolute atomic E-state index is 9.80. The SMILES string of the molecule is Cc1cc(I)c(O)c(C=NCC2CC2)c1. The van der Waals surface area contributed by atoms with Crippen LogP contribution in [-0.4, -0.2) is 17.9 Å². The maximum Gasteiger partial charge on any atom is 0.137 e. The third kappa shape index (κ3) is 2.93. The standard InChI is InChI=1S/C12H14INO/c1-8-4-10(12(15)11(13)5-8)7-14-6-9-2-3-9/h4-5,7,9,15H,2-3,6H2,1H3. The van der Waals surface area contributed by atoms with E-state index in [0.29, 0.717) is 5.75 Å². The molecule has 1 aliphatic carbocycles. The molecule has 3 heteroatoms. The van der Waals surface area contributed by atoms with Crippen LogP contribution in [0.15, 0.2) is 17.1 Å². The predicted molar refractivity (Wildman–Crippen MR) is 70.7 cm³/mol. The lowest BCUT2D eigenvalue weighted by Gasteiger charge is -2.03. The molecule has 0 amide bonds. The van der Waals surface area contributed by atoms with Crippen molar-refractivity contribution in [3.63, 3.8) is 0 Å². The molecule has 1 aromatic rings. The predicted octanol–water partition coefficient (Wildman–Crippen LogP) is 3.13. The lowest BCUT2D eigenvalue weighted by molar-refractivity contribution is 0.470. The molecule has 15 heavy (non-hydrogen) atoms. The molecule has 2 nitrogen and oxygen atoms in total. The van der Waals surface area contributed by atoms with Crippen LogP contribution in [0.25, 0.3) is 0 Å². The summed E-state index contributed by atoms with van der Waals surface area (Å²) < 4.78 is 0.889. The highest BCUT2D eigenvalue weighted by atomic mass is 127. The second-order valence-corrected chi connectivity index (χ2v) is 5.28. The molecular formula is C12H14INO. The van der Waals surface area contributed by atoms with E-state index >= 15 is 0 Å². The molecule has 80 valence electrons. The van der Waals surface area contributed by atoms with Crippen molar-refractivity contribution in [3.8, 4) is 5.75 Å². The van der Waals surface area contributed by atoms with Gasteiger partial charge >= 0.3 is 0 Å². The molecule has 1 saturated carbocycles. The zero-order valence-corrected chi connectivity index (χ0v) is 10.9. The van der Waals surface area contributed by atoms with E-state index in [9.17, 15) is 5.11 Å². The van der Waals surface area contributed by atoms with Gasteiger partial charge in [-0.2, -0.15) is 0 Å². The summed E-state index contributed by atoms with van der Waals surface area (Å²) in [5.74, 6) is 1.15. The highest BCUT2D eigenvalue weighted by Gasteiger charge is 2.19. The largest absolute Gasteiger partial charge is 0.506 e. The number of aliphatic imine (C=N–C) groups is 1. The highest BCUT2D eigenvalue weighted by Crippen LogP contribution is 2.29. The first-order valence-corrected chi connectivity index (χ1v) is 6.23. The monoisotopic (exact) mass is 315 g/mol. The maximum atomic E-state index is 9.80. The summed E-state index contributed by atoms with van der Waals surface area (Å²) in [6.45, 7) is 2.93. The number of hydrogen-bond donors (Lipinski definition) is 1. The fraction of sp³-hybridized carbons (Fsp3) is 0.417. The van der Waals surface area contributed by atoms with Gasteiger partial charge in [0.25, 0.3) is 0 Å². The molecule has 0 radical (unpaired) electrons. The number of halogens is 1. The van der Waals surface area contributed by atoms with E-state index in [2.05, 4.69) is 27.6 Å². The number of rotatable bonds is 3. The molecule has 1 aromatic carbocycles. The molecule has 1 aliphatic rings. The first-order chi connectivity index (χ1) is 7.16. The smallest absolute Gasteiger partial charge is 0.137 e. The Balaban J connectivity index is 2.14. The van der Waals surface area contributed by atoms with Crippen LogP contribution in [0.4, 0.5) is 0 Å². The Morgan fingerprint density at radius 1 is 1.53 bits per heavy atom. The Hall–Kier alpha value is -0.580. The van der Waals surface area contributed by atoms with Crippen LogP contribution in [0.3, 0.4) is 0 Å². The minimum atomic E-state index is 0.348. The summed E-state index contributed by atoms with van der Waals surface area (Å²) >= 11 is 2.14. The van der Waals surface area contributed by atoms with Gasteiger partial charge in [-0.3, -0.25) is 4.99 Å². The molecule has 0 bridgehead atoms. The molecular weight excluding hydrogens is 301 g/mol. The first kappa shape index (κ1) is 10.9. The Bertz CT molecular complexity index is 397. The topological polar surface area (TPSA) is 32.6 Å². The van der Waals surface area contributed by atoms with Crippen molar-refractivity contribution in [2.45, 2.75) is 19.8 Å². The lowest BCUT2D eigenvalue weighted by atomic mass is 10.1. The summed E-state index contributed by atoms with van der Waals surface area (Å²) in [5.41, 5.74) is 1.99. The number of phenolic OH excluding ortho intramolecular Hbond substituents is 1. The highest BCUT2D eigenvalue weighted by molar-refractivity contribution is 14.1. The molecule has 1 N–H and O–H groups in total. The van der Waals surface area contributed by atoms with Crippen molar-refractivity contribution >= 4 is 28.8 Å². The van der Waals surface area contributed by atoms with Crippen LogP contribution in [0.2, 0.25) is 0 Å². The summed E-state index contributed by atoms with van der Waals surface area (Å²) in [5, 5.41) is 9.80. The van der Waals surface area contributed by atoms with Gasteiger partial charge in [0.05, 0.1) is 3.57 Å². The number of phenols is 1. The van der Waals surface area contributed by atoms with Crippen LogP contribution < -0.4 is 0 Å². The second kappa shape index (κ2) is 4.51. The summed E-state index contributed by atoms with van der Waals surface area (Å²) in [6, 6.07) is 3.93. The van der Waals surface area contributed by atoms with Crippen LogP contribution >= 0.6 is 22.6 Å². The molecule has 0 spiro atoms. The molecule has 1 fully saturated rings. The van der Waals surface area contributed by atoms with Crippen LogP contribution in [0, 0.1) is 16.4 Å². The van der Waals surface area contributed by atoms with Gasteiger partial charge in [-0.15, -0.1) is 0 Å². The lowest BCUT2D eigenvalue weighted by Crippen LogP contribution is -1.90. The van der Waals surface area contributed by atoms with Gasteiger partial charge in [0.15, 0.2) is 0 Å². The Kier molecular flexibility index (Phi) is 3.29. The molecule has 0 aromatic heterocycles. The average molecular weight is 315 g/mol. The summed E-state index contributed by atoms with van der Waals surface area (Å²) in [4.78, 5) is 4.36. The van der Waals surface area contributed by atoms with Crippen LogP contribution in [0.1, 0.15) is 24.0 Å². The molecule has 0 atom stereocenters. The van der Waals surface area contributed by atoms with E-state index in [4.69, 9.17) is 0 Å². The molecule has 0 heterocycles. The minimum absolute atomic E-state index is 0.348. The fourth-order valence-electron chi connectivity index (χ4n) is 1.46. The normalized spacial score (nSPS) is 16.1. The van der Waals surface area contributed by atoms with Crippen molar-refractivity contribution in [1.82, 2.24) is 0 Å². The zero-order chi connectivity index (χ0) is 10.8. The molecule has 2 rings (SSSR count). The quantitative estimate of drug-likeness (QED) is 0.674. The number of benzene rings is 1. The number of aryl methyl sites for hydroxylation is 1. The van der Waals surface area contributed by atoms with Gasteiger partial charge in [0.1, 0.15) is 5.75 Å². The second-order valence-electron chi connectivity index (χ2n) is 4.12. The van der Waals surface area contributed by atoms with Gasteiger partial charge in [-0.25, -0.2) is 0 Å². The Morgan fingerprint density at radius 2 is 2.27 bits per heavy atom. The fourth-order valence-corrected chi connectivity index (χ4v) is 2.26. The van der Waals surface area contributed by atoms with E-state index in [1.807, 2.05) is 19.1 Å². The van der Waals surface area contributed by atoms with E-state index < -0.39 is 0 Å². The van der Waals surface area contributed by atoms with Gasteiger partial charge < -0.3 is 5.11 Å². The van der Waals surface area contributed by atoms with Gasteiger partial charge in [0.2, 0.25) is 0 Å². The molecule has 0 saturated heterocycles. The Labute approximate surface area is 104 Å². The van der Waals surface area contributed by atoms with Crippen molar-refractivity contribution in [2.24, 2.45) is 10.9 Å². The summed E-state index contributed by atoms with van der Waals surface area (Å²) in [6.07, 6.45) is 4.42. The number of aromatic hydroxyl groups is 1. The van der Waals surface area contributed by atoms with Gasteiger partial charge in [0, 0.05) is 18.3 Å². The Morgan fingerprint density at radius 3 is 2.93 bits per heavy atom. The van der Waals surface area contributed by atoms with Crippen molar-refractivity contribution in [2.75, 3.05) is 6.54 Å².